The average molecular weight is 304 g/mol. The molecule has 0 aliphatic heterocycles. The number of benzene rings is 1. The van der Waals surface area contributed by atoms with Crippen molar-refractivity contribution in [3.05, 3.63) is 58.3 Å². The maximum Gasteiger partial charge on any atom is 0.251 e. The fourth-order valence-corrected chi connectivity index (χ4v) is 2.84. The molecule has 1 amide bonds. The van der Waals surface area contributed by atoms with Gasteiger partial charge in [-0.3, -0.25) is 9.78 Å². The smallest absolute Gasteiger partial charge is 0.251 e. The number of hydrogen-bond donors (Lipinski definition) is 1. The molecule has 0 saturated heterocycles. The summed E-state index contributed by atoms with van der Waals surface area (Å²) < 4.78 is 1.45. The molecule has 6 heteroatoms. The van der Waals surface area contributed by atoms with Crippen LogP contribution in [0, 0.1) is 0 Å². The van der Waals surface area contributed by atoms with Crippen LogP contribution in [-0.2, 0) is 6.54 Å². The molecule has 3 rings (SSSR count). The van der Waals surface area contributed by atoms with Gasteiger partial charge in [-0.1, -0.05) is 17.7 Å². The molecule has 1 aromatic carbocycles. The predicted octanol–water partition coefficient (Wildman–Crippen LogP) is 3.27. The van der Waals surface area contributed by atoms with Gasteiger partial charge in [0.1, 0.15) is 0 Å². The van der Waals surface area contributed by atoms with Crippen molar-refractivity contribution in [2.24, 2.45) is 0 Å². The van der Waals surface area contributed by atoms with Crippen molar-refractivity contribution in [2.75, 3.05) is 0 Å². The third-order valence-corrected chi connectivity index (χ3v) is 3.94. The number of fused-ring (bicyclic) bond motifs is 1. The third kappa shape index (κ3) is 2.79. The molecule has 0 bridgehead atoms. The molecule has 0 spiro atoms. The van der Waals surface area contributed by atoms with E-state index >= 15 is 0 Å². The summed E-state index contributed by atoms with van der Waals surface area (Å²) in [6, 6.07) is 9.13. The van der Waals surface area contributed by atoms with Gasteiger partial charge in [-0.2, -0.15) is 0 Å². The Bertz CT molecular complexity index is 757. The second-order valence-electron chi connectivity index (χ2n) is 4.19. The maximum absolute atomic E-state index is 12.1. The lowest BCUT2D eigenvalue weighted by molar-refractivity contribution is 0.0951. The van der Waals surface area contributed by atoms with E-state index in [4.69, 9.17) is 11.6 Å². The normalized spacial score (nSPS) is 10.7. The Hall–Kier alpha value is -1.98. The summed E-state index contributed by atoms with van der Waals surface area (Å²) >= 11 is 7.25. The van der Waals surface area contributed by atoms with Gasteiger partial charge in [-0.15, -0.1) is 11.3 Å². The quantitative estimate of drug-likeness (QED) is 0.808. The van der Waals surface area contributed by atoms with E-state index < -0.39 is 0 Å². The van der Waals surface area contributed by atoms with E-state index in [0.29, 0.717) is 16.6 Å². The van der Waals surface area contributed by atoms with Crippen LogP contribution < -0.4 is 5.32 Å². The number of nitrogens with zero attached hydrogens (tertiary/aromatic N) is 2. The molecular formula is C14H10ClN3OS. The monoisotopic (exact) mass is 303 g/mol. The number of pyridine rings is 1. The molecule has 0 fully saturated rings. The summed E-state index contributed by atoms with van der Waals surface area (Å²) in [5, 5.41) is 2.85. The van der Waals surface area contributed by atoms with Crippen molar-refractivity contribution in [2.45, 2.75) is 6.54 Å². The van der Waals surface area contributed by atoms with Crippen LogP contribution in [0.25, 0.3) is 10.2 Å². The van der Waals surface area contributed by atoms with Crippen LogP contribution in [-0.4, -0.2) is 15.9 Å². The lowest BCUT2D eigenvalue weighted by Gasteiger charge is -2.04. The van der Waals surface area contributed by atoms with Gasteiger partial charge in [0.2, 0.25) is 0 Å². The summed E-state index contributed by atoms with van der Waals surface area (Å²) in [4.78, 5) is 20.3. The van der Waals surface area contributed by atoms with E-state index in [2.05, 4.69) is 15.3 Å². The third-order valence-electron chi connectivity index (χ3n) is 2.80. The molecule has 20 heavy (non-hydrogen) atoms. The summed E-state index contributed by atoms with van der Waals surface area (Å²) in [7, 11) is 0. The standard InChI is InChI=1S/C14H10ClN3OS/c15-14-18-11-6-10(3-4-12(11)20-14)13(19)17-8-9-2-1-5-16-7-9/h1-7H,8H2,(H,17,19). The zero-order chi connectivity index (χ0) is 13.9. The first-order valence-electron chi connectivity index (χ1n) is 5.95. The molecule has 2 aromatic heterocycles. The molecule has 1 N–H and O–H groups in total. The second kappa shape index (κ2) is 5.56. The van der Waals surface area contributed by atoms with Gasteiger partial charge < -0.3 is 5.32 Å². The second-order valence-corrected chi connectivity index (χ2v) is 5.81. The van der Waals surface area contributed by atoms with E-state index in [1.54, 1.807) is 24.5 Å². The Labute approximate surface area is 124 Å². The van der Waals surface area contributed by atoms with Crippen molar-refractivity contribution in [1.29, 1.82) is 0 Å². The lowest BCUT2D eigenvalue weighted by atomic mass is 10.2. The van der Waals surface area contributed by atoms with Crippen LogP contribution in [0.1, 0.15) is 15.9 Å². The molecular weight excluding hydrogens is 294 g/mol. The SMILES string of the molecule is O=C(NCc1cccnc1)c1ccc2sc(Cl)nc2c1. The molecule has 0 radical (unpaired) electrons. The van der Waals surface area contributed by atoms with Crippen LogP contribution in [0.4, 0.5) is 0 Å². The molecule has 4 nitrogen and oxygen atoms in total. The molecule has 2 heterocycles. The summed E-state index contributed by atoms with van der Waals surface area (Å²) in [5.41, 5.74) is 2.27. The Balaban J connectivity index is 1.75. The van der Waals surface area contributed by atoms with Gasteiger partial charge in [0, 0.05) is 24.5 Å². The first kappa shape index (κ1) is 13.0. The molecule has 0 saturated carbocycles. The molecule has 0 aliphatic rings. The molecule has 0 atom stereocenters. The van der Waals surface area contributed by atoms with Crippen molar-refractivity contribution < 1.29 is 4.79 Å². The van der Waals surface area contributed by atoms with Crippen LogP contribution in [0.15, 0.2) is 42.7 Å². The van der Waals surface area contributed by atoms with Crippen molar-refractivity contribution in [1.82, 2.24) is 15.3 Å². The van der Waals surface area contributed by atoms with E-state index in [9.17, 15) is 4.79 Å². The van der Waals surface area contributed by atoms with Gasteiger partial charge in [0.15, 0.2) is 4.47 Å². The van der Waals surface area contributed by atoms with Gasteiger partial charge in [0.25, 0.3) is 5.91 Å². The Morgan fingerprint density at radius 2 is 2.25 bits per heavy atom. The highest BCUT2D eigenvalue weighted by atomic mass is 35.5. The first-order chi connectivity index (χ1) is 9.72. The minimum absolute atomic E-state index is 0.139. The number of carbonyl (C=O) groups is 1. The van der Waals surface area contributed by atoms with E-state index in [1.165, 1.54) is 11.3 Å². The van der Waals surface area contributed by atoms with E-state index in [-0.39, 0.29) is 5.91 Å². The first-order valence-corrected chi connectivity index (χ1v) is 7.15. The Morgan fingerprint density at radius 3 is 3.05 bits per heavy atom. The lowest BCUT2D eigenvalue weighted by Crippen LogP contribution is -2.22. The van der Waals surface area contributed by atoms with Crippen LogP contribution in [0.3, 0.4) is 0 Å². The van der Waals surface area contributed by atoms with E-state index in [1.807, 2.05) is 18.2 Å². The summed E-state index contributed by atoms with van der Waals surface area (Å²) in [6.45, 7) is 0.447. The Morgan fingerprint density at radius 1 is 1.35 bits per heavy atom. The highest BCUT2D eigenvalue weighted by molar-refractivity contribution is 7.22. The minimum Gasteiger partial charge on any atom is -0.348 e. The number of carbonyl (C=O) groups excluding carboxylic acids is 1. The highest BCUT2D eigenvalue weighted by Crippen LogP contribution is 2.26. The van der Waals surface area contributed by atoms with Crippen LogP contribution in [0.5, 0.6) is 0 Å². The molecule has 0 unspecified atom stereocenters. The molecule has 100 valence electrons. The maximum atomic E-state index is 12.1. The van der Waals surface area contributed by atoms with E-state index in [0.717, 1.165) is 15.8 Å². The van der Waals surface area contributed by atoms with Crippen molar-refractivity contribution in [3.63, 3.8) is 0 Å². The topological polar surface area (TPSA) is 54.9 Å². The van der Waals surface area contributed by atoms with Gasteiger partial charge in [-0.05, 0) is 29.8 Å². The van der Waals surface area contributed by atoms with Gasteiger partial charge in [0.05, 0.1) is 10.2 Å². The Kier molecular flexibility index (Phi) is 3.62. The average Bonchev–Trinajstić information content (AvgIpc) is 2.85. The highest BCUT2D eigenvalue weighted by Gasteiger charge is 2.08. The number of nitrogens with one attached hydrogen (secondary N) is 1. The minimum atomic E-state index is -0.139. The predicted molar refractivity (Wildman–Crippen MR) is 80.0 cm³/mol. The number of aromatic nitrogens is 2. The molecule has 0 aliphatic carbocycles. The largest absolute Gasteiger partial charge is 0.348 e. The van der Waals surface area contributed by atoms with Crippen molar-refractivity contribution in [3.8, 4) is 0 Å². The summed E-state index contributed by atoms with van der Waals surface area (Å²) in [5.74, 6) is -0.139. The van der Waals surface area contributed by atoms with Gasteiger partial charge in [-0.25, -0.2) is 4.98 Å². The number of hydrogen-bond acceptors (Lipinski definition) is 4. The molecule has 3 aromatic rings. The summed E-state index contributed by atoms with van der Waals surface area (Å²) in [6.07, 6.45) is 3.43. The number of thiazole rings is 1. The number of amides is 1. The van der Waals surface area contributed by atoms with Gasteiger partial charge >= 0.3 is 0 Å². The van der Waals surface area contributed by atoms with Crippen molar-refractivity contribution >= 4 is 39.1 Å². The fraction of sp³-hybridized carbons (Fsp3) is 0.0714. The number of halogens is 1. The fourth-order valence-electron chi connectivity index (χ4n) is 1.83. The zero-order valence-corrected chi connectivity index (χ0v) is 11.9. The number of rotatable bonds is 3. The zero-order valence-electron chi connectivity index (χ0n) is 10.3. The van der Waals surface area contributed by atoms with Crippen LogP contribution in [0.2, 0.25) is 4.47 Å². The van der Waals surface area contributed by atoms with Crippen LogP contribution >= 0.6 is 22.9 Å².